The molecule has 10 nitrogen and oxygen atoms in total. The molecule has 1 aromatic heterocycles. The van der Waals surface area contributed by atoms with E-state index in [1.54, 1.807) is 6.20 Å². The van der Waals surface area contributed by atoms with Crippen molar-refractivity contribution < 1.29 is 9.59 Å². The maximum atomic E-state index is 12.5. The van der Waals surface area contributed by atoms with Crippen LogP contribution in [0.2, 0.25) is 0 Å². The molecule has 2 atom stereocenters. The normalized spacial score (nSPS) is 13.0. The molecule has 0 aliphatic carbocycles. The van der Waals surface area contributed by atoms with Gasteiger partial charge in [-0.2, -0.15) is 0 Å². The van der Waals surface area contributed by atoms with Gasteiger partial charge in [0.25, 0.3) is 5.91 Å². The van der Waals surface area contributed by atoms with Gasteiger partial charge in [-0.15, -0.1) is 0 Å². The minimum atomic E-state index is -0.734. The molecule has 1 heterocycles. The molecule has 25 heavy (non-hydrogen) atoms. The fraction of sp³-hybridized carbons (Fsp3) is 0.600. The summed E-state index contributed by atoms with van der Waals surface area (Å²) in [6.07, 6.45) is 7.42. The number of aliphatic imine (C=N–C) groups is 1. The standard InChI is InChI=1S/C15H28N8O2/c16-6-2-1-5-12(14(25)23-9-8-20-10-23)22-13(24)11(17)4-3-7-21-15(18)19/h8-12H,1-7,16-17H2,(H,22,24)(H4,18,19,21). The quantitative estimate of drug-likeness (QED) is 0.183. The van der Waals surface area contributed by atoms with Crippen LogP contribution in [-0.2, 0) is 4.79 Å². The summed E-state index contributed by atoms with van der Waals surface area (Å²) in [7, 11) is 0. The molecule has 0 bridgehead atoms. The second kappa shape index (κ2) is 11.2. The average Bonchev–Trinajstić information content (AvgIpc) is 3.11. The Morgan fingerprint density at radius 1 is 1.20 bits per heavy atom. The van der Waals surface area contributed by atoms with Crippen LogP contribution in [0.5, 0.6) is 0 Å². The lowest BCUT2D eigenvalue weighted by Crippen LogP contribution is -2.49. The summed E-state index contributed by atoms with van der Waals surface area (Å²) in [6, 6.07) is -1.40. The molecule has 9 N–H and O–H groups in total. The van der Waals surface area contributed by atoms with Crippen molar-refractivity contribution in [2.45, 2.75) is 44.2 Å². The van der Waals surface area contributed by atoms with Gasteiger partial charge in [-0.25, -0.2) is 4.98 Å². The van der Waals surface area contributed by atoms with Crippen molar-refractivity contribution in [2.24, 2.45) is 27.9 Å². The monoisotopic (exact) mass is 352 g/mol. The molecule has 2 unspecified atom stereocenters. The number of carbonyl (C=O) groups is 2. The summed E-state index contributed by atoms with van der Waals surface area (Å²) >= 11 is 0. The highest BCUT2D eigenvalue weighted by Crippen LogP contribution is 2.05. The van der Waals surface area contributed by atoms with E-state index in [9.17, 15) is 9.59 Å². The Morgan fingerprint density at radius 3 is 2.56 bits per heavy atom. The zero-order valence-electron chi connectivity index (χ0n) is 14.3. The van der Waals surface area contributed by atoms with E-state index in [2.05, 4.69) is 15.3 Å². The van der Waals surface area contributed by atoms with Gasteiger partial charge >= 0.3 is 0 Å². The van der Waals surface area contributed by atoms with Gasteiger partial charge in [-0.1, -0.05) is 0 Å². The van der Waals surface area contributed by atoms with Crippen molar-refractivity contribution in [2.75, 3.05) is 13.1 Å². The maximum absolute atomic E-state index is 12.5. The molecule has 1 aromatic rings. The van der Waals surface area contributed by atoms with Crippen molar-refractivity contribution in [3.63, 3.8) is 0 Å². The number of hydrogen-bond donors (Lipinski definition) is 5. The summed E-state index contributed by atoms with van der Waals surface area (Å²) in [6.45, 7) is 0.932. The van der Waals surface area contributed by atoms with Gasteiger partial charge in [0.1, 0.15) is 12.4 Å². The van der Waals surface area contributed by atoms with Crippen LogP contribution in [0.15, 0.2) is 23.7 Å². The summed E-state index contributed by atoms with van der Waals surface area (Å²) < 4.78 is 1.34. The molecule has 0 aromatic carbocycles. The minimum absolute atomic E-state index is 0.00363. The van der Waals surface area contributed by atoms with Crippen molar-refractivity contribution in [1.82, 2.24) is 14.9 Å². The van der Waals surface area contributed by atoms with Crippen LogP contribution >= 0.6 is 0 Å². The third-order valence-electron chi connectivity index (χ3n) is 3.62. The van der Waals surface area contributed by atoms with E-state index in [-0.39, 0.29) is 17.8 Å². The molecule has 1 amide bonds. The van der Waals surface area contributed by atoms with Gasteiger partial charge in [0.05, 0.1) is 6.04 Å². The fourth-order valence-electron chi connectivity index (χ4n) is 2.25. The first kappa shape index (κ1) is 20.6. The van der Waals surface area contributed by atoms with E-state index in [1.165, 1.54) is 17.1 Å². The Morgan fingerprint density at radius 2 is 1.96 bits per heavy atom. The maximum Gasteiger partial charge on any atom is 0.254 e. The molecular weight excluding hydrogens is 324 g/mol. The molecule has 0 aliphatic heterocycles. The predicted octanol–water partition coefficient (Wildman–Crippen LogP) is -1.48. The lowest BCUT2D eigenvalue weighted by Gasteiger charge is -2.20. The Bertz CT molecular complexity index is 554. The van der Waals surface area contributed by atoms with Gasteiger partial charge in [0, 0.05) is 18.9 Å². The molecule has 0 fully saturated rings. The molecule has 0 radical (unpaired) electrons. The van der Waals surface area contributed by atoms with Crippen LogP contribution in [0.25, 0.3) is 0 Å². The molecule has 140 valence electrons. The van der Waals surface area contributed by atoms with Gasteiger partial charge in [0.15, 0.2) is 5.96 Å². The average molecular weight is 352 g/mol. The number of unbranched alkanes of at least 4 members (excludes halogenated alkanes) is 1. The summed E-state index contributed by atoms with van der Waals surface area (Å²) in [4.78, 5) is 32.4. The third-order valence-corrected chi connectivity index (χ3v) is 3.62. The number of guanidine groups is 1. The van der Waals surface area contributed by atoms with Crippen molar-refractivity contribution >= 4 is 17.8 Å². The number of carbonyl (C=O) groups excluding carboxylic acids is 2. The zero-order chi connectivity index (χ0) is 18.7. The number of hydrogen-bond acceptors (Lipinski definition) is 6. The minimum Gasteiger partial charge on any atom is -0.370 e. The van der Waals surface area contributed by atoms with E-state index >= 15 is 0 Å². The SMILES string of the molecule is NCCCCC(NC(=O)C(N)CCCN=C(N)N)C(=O)n1ccnc1. The van der Waals surface area contributed by atoms with Crippen LogP contribution in [0, 0.1) is 0 Å². The number of amides is 1. The van der Waals surface area contributed by atoms with E-state index in [0.29, 0.717) is 32.4 Å². The highest BCUT2D eigenvalue weighted by molar-refractivity contribution is 5.90. The van der Waals surface area contributed by atoms with Crippen LogP contribution < -0.4 is 28.3 Å². The van der Waals surface area contributed by atoms with Crippen molar-refractivity contribution in [3.8, 4) is 0 Å². The zero-order valence-corrected chi connectivity index (χ0v) is 14.3. The Balaban J connectivity index is 2.58. The second-order valence-electron chi connectivity index (χ2n) is 5.71. The van der Waals surface area contributed by atoms with Gasteiger partial charge in [-0.05, 0) is 38.6 Å². The summed E-state index contributed by atoms with van der Waals surface area (Å²) in [5.41, 5.74) is 21.8. The molecule has 0 spiro atoms. The number of aromatic nitrogens is 2. The van der Waals surface area contributed by atoms with Crippen LogP contribution in [0.3, 0.4) is 0 Å². The first-order valence-electron chi connectivity index (χ1n) is 8.29. The Kier molecular flexibility index (Phi) is 9.19. The molecular formula is C15H28N8O2. The third kappa shape index (κ3) is 7.77. The molecule has 0 saturated heterocycles. The highest BCUT2D eigenvalue weighted by Gasteiger charge is 2.24. The lowest BCUT2D eigenvalue weighted by molar-refractivity contribution is -0.123. The first-order chi connectivity index (χ1) is 12.0. The Labute approximate surface area is 147 Å². The fourth-order valence-corrected chi connectivity index (χ4v) is 2.25. The van der Waals surface area contributed by atoms with Gasteiger partial charge in [0.2, 0.25) is 5.91 Å². The van der Waals surface area contributed by atoms with Crippen molar-refractivity contribution in [1.29, 1.82) is 0 Å². The van der Waals surface area contributed by atoms with E-state index in [4.69, 9.17) is 22.9 Å². The number of nitrogens with one attached hydrogen (secondary N) is 1. The van der Waals surface area contributed by atoms with Crippen LogP contribution in [-0.4, -0.2) is 52.5 Å². The number of nitrogens with two attached hydrogens (primary N) is 4. The second-order valence-corrected chi connectivity index (χ2v) is 5.71. The van der Waals surface area contributed by atoms with Crippen LogP contribution in [0.4, 0.5) is 0 Å². The Hall–Kier alpha value is -2.46. The first-order valence-corrected chi connectivity index (χ1v) is 8.29. The van der Waals surface area contributed by atoms with E-state index < -0.39 is 12.1 Å². The van der Waals surface area contributed by atoms with Gasteiger partial charge in [-0.3, -0.25) is 19.1 Å². The molecule has 10 heteroatoms. The summed E-state index contributed by atoms with van der Waals surface area (Å²) in [5.74, 6) is -0.629. The topological polar surface area (TPSA) is 180 Å². The number of rotatable bonds is 11. The number of nitrogens with zero attached hydrogens (tertiary/aromatic N) is 3. The van der Waals surface area contributed by atoms with Crippen LogP contribution in [0.1, 0.15) is 36.9 Å². The number of imidazole rings is 1. The predicted molar refractivity (Wildman–Crippen MR) is 95.6 cm³/mol. The molecule has 1 rings (SSSR count). The molecule has 0 aliphatic rings. The van der Waals surface area contributed by atoms with Crippen molar-refractivity contribution in [3.05, 3.63) is 18.7 Å². The lowest BCUT2D eigenvalue weighted by atomic mass is 10.1. The smallest absolute Gasteiger partial charge is 0.254 e. The van der Waals surface area contributed by atoms with E-state index in [0.717, 1.165) is 12.8 Å². The largest absolute Gasteiger partial charge is 0.370 e. The summed E-state index contributed by atoms with van der Waals surface area (Å²) in [5, 5.41) is 2.73. The van der Waals surface area contributed by atoms with E-state index in [1.807, 2.05) is 0 Å². The highest BCUT2D eigenvalue weighted by atomic mass is 16.2. The molecule has 0 saturated carbocycles. The van der Waals surface area contributed by atoms with Gasteiger partial charge < -0.3 is 28.3 Å².